The summed E-state index contributed by atoms with van der Waals surface area (Å²) in [5.41, 5.74) is 1.66. The van der Waals surface area contributed by atoms with Gasteiger partial charge in [-0.1, -0.05) is 29.8 Å². The number of piperidine rings is 1. The molecule has 0 unspecified atom stereocenters. The molecule has 1 amide bonds. The van der Waals surface area contributed by atoms with E-state index in [0.29, 0.717) is 30.3 Å². The lowest BCUT2D eigenvalue weighted by Crippen LogP contribution is -2.40. The van der Waals surface area contributed by atoms with Crippen molar-refractivity contribution in [2.24, 2.45) is 5.92 Å². The van der Waals surface area contributed by atoms with Gasteiger partial charge in [0.1, 0.15) is 11.6 Å². The van der Waals surface area contributed by atoms with Gasteiger partial charge in [0, 0.05) is 29.6 Å². The zero-order chi connectivity index (χ0) is 19.9. The molecular formula is C22H26ClFN2O2. The van der Waals surface area contributed by atoms with Gasteiger partial charge in [0.2, 0.25) is 5.91 Å². The largest absolute Gasteiger partial charge is 0.494 e. The van der Waals surface area contributed by atoms with Crippen LogP contribution in [0.2, 0.25) is 5.02 Å². The molecule has 0 radical (unpaired) electrons. The van der Waals surface area contributed by atoms with E-state index in [0.717, 1.165) is 37.2 Å². The predicted octanol–water partition coefficient (Wildman–Crippen LogP) is 4.41. The minimum atomic E-state index is -0.276. The molecule has 2 aromatic rings. The van der Waals surface area contributed by atoms with Crippen molar-refractivity contribution >= 4 is 17.5 Å². The molecule has 3 rings (SSSR count). The first-order valence-electron chi connectivity index (χ1n) is 9.71. The smallest absolute Gasteiger partial charge is 0.223 e. The topological polar surface area (TPSA) is 41.6 Å². The van der Waals surface area contributed by atoms with Gasteiger partial charge < -0.3 is 10.1 Å². The van der Waals surface area contributed by atoms with Crippen molar-refractivity contribution in [3.63, 3.8) is 0 Å². The Morgan fingerprint density at radius 1 is 1.25 bits per heavy atom. The van der Waals surface area contributed by atoms with Gasteiger partial charge in [0.05, 0.1) is 6.61 Å². The molecule has 0 aromatic heterocycles. The van der Waals surface area contributed by atoms with Crippen LogP contribution in [0.1, 0.15) is 30.9 Å². The lowest BCUT2D eigenvalue weighted by molar-refractivity contribution is -0.126. The van der Waals surface area contributed by atoms with Gasteiger partial charge in [-0.3, -0.25) is 9.69 Å². The minimum absolute atomic E-state index is 0.00129. The number of nitrogens with zero attached hydrogens (tertiary/aromatic N) is 1. The molecule has 2 aromatic carbocycles. The summed E-state index contributed by atoms with van der Waals surface area (Å²) in [6.45, 7) is 5.16. The first-order valence-corrected chi connectivity index (χ1v) is 10.1. The number of amides is 1. The number of nitrogens with one attached hydrogen (secondary N) is 1. The van der Waals surface area contributed by atoms with Gasteiger partial charge in [0.25, 0.3) is 0 Å². The van der Waals surface area contributed by atoms with E-state index < -0.39 is 0 Å². The number of ether oxygens (including phenoxy) is 1. The Bertz CT molecular complexity index is 807. The van der Waals surface area contributed by atoms with Gasteiger partial charge in [-0.25, -0.2) is 4.39 Å². The third kappa shape index (κ3) is 5.69. The van der Waals surface area contributed by atoms with Crippen LogP contribution in [0.4, 0.5) is 4.39 Å². The standard InChI is InChI=1S/C22H26ClFN2O2/c1-2-28-20-5-3-4-16(12-20)14-25-22(27)17-8-10-26(11-9-17)15-18-6-7-19(23)13-21(18)24/h3-7,12-13,17H,2,8-11,14-15H2,1H3,(H,25,27). The third-order valence-corrected chi connectivity index (χ3v) is 5.28. The fourth-order valence-electron chi connectivity index (χ4n) is 3.49. The van der Waals surface area contributed by atoms with Crippen molar-refractivity contribution in [1.29, 1.82) is 0 Å². The average Bonchev–Trinajstić information content (AvgIpc) is 2.69. The number of hydrogen-bond donors (Lipinski definition) is 1. The molecule has 0 bridgehead atoms. The summed E-state index contributed by atoms with van der Waals surface area (Å²) in [5.74, 6) is 0.624. The Morgan fingerprint density at radius 2 is 2.04 bits per heavy atom. The molecule has 28 heavy (non-hydrogen) atoms. The Hall–Kier alpha value is -2.11. The Balaban J connectivity index is 1.45. The van der Waals surface area contributed by atoms with E-state index in [-0.39, 0.29) is 17.6 Å². The van der Waals surface area contributed by atoms with E-state index in [2.05, 4.69) is 10.2 Å². The highest BCUT2D eigenvalue weighted by atomic mass is 35.5. The summed E-state index contributed by atoms with van der Waals surface area (Å²) in [4.78, 5) is 14.7. The molecule has 0 spiro atoms. The Labute approximate surface area is 170 Å². The number of benzene rings is 2. The molecule has 150 valence electrons. The number of likely N-dealkylation sites (tertiary alicyclic amines) is 1. The van der Waals surface area contributed by atoms with Gasteiger partial charge >= 0.3 is 0 Å². The third-order valence-electron chi connectivity index (χ3n) is 5.04. The van der Waals surface area contributed by atoms with Crippen molar-refractivity contribution in [2.45, 2.75) is 32.9 Å². The van der Waals surface area contributed by atoms with E-state index in [1.807, 2.05) is 31.2 Å². The maximum Gasteiger partial charge on any atom is 0.223 e. The highest BCUT2D eigenvalue weighted by Crippen LogP contribution is 2.22. The van der Waals surface area contributed by atoms with E-state index in [9.17, 15) is 9.18 Å². The summed E-state index contributed by atoms with van der Waals surface area (Å²) in [6, 6.07) is 12.6. The SMILES string of the molecule is CCOc1cccc(CNC(=O)C2CCN(Cc3ccc(Cl)cc3F)CC2)c1. The maximum atomic E-state index is 14.0. The molecule has 1 fully saturated rings. The van der Waals surface area contributed by atoms with Crippen LogP contribution in [-0.4, -0.2) is 30.5 Å². The molecule has 1 aliphatic heterocycles. The number of halogens is 2. The van der Waals surface area contributed by atoms with Crippen molar-refractivity contribution < 1.29 is 13.9 Å². The minimum Gasteiger partial charge on any atom is -0.494 e. The fourth-order valence-corrected chi connectivity index (χ4v) is 3.65. The van der Waals surface area contributed by atoms with Gasteiger partial charge in [-0.05, 0) is 62.7 Å². The second kappa shape index (κ2) is 9.89. The van der Waals surface area contributed by atoms with Crippen LogP contribution in [0.15, 0.2) is 42.5 Å². The number of carbonyl (C=O) groups excluding carboxylic acids is 1. The van der Waals surface area contributed by atoms with Crippen LogP contribution in [-0.2, 0) is 17.9 Å². The highest BCUT2D eigenvalue weighted by molar-refractivity contribution is 6.30. The summed E-state index contributed by atoms with van der Waals surface area (Å²) in [6.07, 6.45) is 1.56. The molecule has 4 nitrogen and oxygen atoms in total. The second-order valence-electron chi connectivity index (χ2n) is 7.08. The fraction of sp³-hybridized carbons (Fsp3) is 0.409. The summed E-state index contributed by atoms with van der Waals surface area (Å²) < 4.78 is 19.5. The zero-order valence-electron chi connectivity index (χ0n) is 16.1. The predicted molar refractivity (Wildman–Crippen MR) is 109 cm³/mol. The molecule has 0 aliphatic carbocycles. The van der Waals surface area contributed by atoms with Gasteiger partial charge in [-0.15, -0.1) is 0 Å². The summed E-state index contributed by atoms with van der Waals surface area (Å²) in [7, 11) is 0. The zero-order valence-corrected chi connectivity index (χ0v) is 16.8. The quantitative estimate of drug-likeness (QED) is 0.743. The lowest BCUT2D eigenvalue weighted by Gasteiger charge is -2.31. The normalized spacial score (nSPS) is 15.4. The number of hydrogen-bond acceptors (Lipinski definition) is 3. The highest BCUT2D eigenvalue weighted by Gasteiger charge is 2.25. The van der Waals surface area contributed by atoms with E-state index in [4.69, 9.17) is 16.3 Å². The van der Waals surface area contributed by atoms with E-state index in [1.54, 1.807) is 12.1 Å². The van der Waals surface area contributed by atoms with Crippen LogP contribution >= 0.6 is 11.6 Å². The average molecular weight is 405 g/mol. The second-order valence-corrected chi connectivity index (χ2v) is 7.52. The molecule has 6 heteroatoms. The molecule has 0 atom stereocenters. The monoisotopic (exact) mass is 404 g/mol. The van der Waals surface area contributed by atoms with E-state index >= 15 is 0 Å². The molecule has 1 aliphatic rings. The van der Waals surface area contributed by atoms with Crippen LogP contribution < -0.4 is 10.1 Å². The maximum absolute atomic E-state index is 14.0. The Morgan fingerprint density at radius 3 is 2.75 bits per heavy atom. The molecule has 1 saturated heterocycles. The van der Waals surface area contributed by atoms with Crippen molar-refractivity contribution in [1.82, 2.24) is 10.2 Å². The van der Waals surface area contributed by atoms with Gasteiger partial charge in [0.15, 0.2) is 0 Å². The summed E-state index contributed by atoms with van der Waals surface area (Å²) >= 11 is 5.81. The van der Waals surface area contributed by atoms with Crippen molar-refractivity contribution in [2.75, 3.05) is 19.7 Å². The molecule has 0 saturated carbocycles. The number of rotatable bonds is 7. The van der Waals surface area contributed by atoms with Crippen LogP contribution in [0, 0.1) is 11.7 Å². The van der Waals surface area contributed by atoms with Gasteiger partial charge in [-0.2, -0.15) is 0 Å². The van der Waals surface area contributed by atoms with Crippen LogP contribution in [0.5, 0.6) is 5.75 Å². The van der Waals surface area contributed by atoms with Crippen LogP contribution in [0.3, 0.4) is 0 Å². The lowest BCUT2D eigenvalue weighted by atomic mass is 9.95. The van der Waals surface area contributed by atoms with Crippen LogP contribution in [0.25, 0.3) is 0 Å². The number of carbonyl (C=O) groups is 1. The molecule has 1 heterocycles. The molecular weight excluding hydrogens is 379 g/mol. The van der Waals surface area contributed by atoms with Crippen molar-refractivity contribution in [3.05, 3.63) is 64.4 Å². The first-order chi connectivity index (χ1) is 13.5. The van der Waals surface area contributed by atoms with E-state index in [1.165, 1.54) is 6.07 Å². The molecule has 1 N–H and O–H groups in total. The Kier molecular flexibility index (Phi) is 7.29. The van der Waals surface area contributed by atoms with Crippen molar-refractivity contribution in [3.8, 4) is 5.75 Å². The summed E-state index contributed by atoms with van der Waals surface area (Å²) in [5, 5.41) is 3.44. The first kappa shape index (κ1) is 20.6.